The lowest BCUT2D eigenvalue weighted by Gasteiger charge is -2.33. The van der Waals surface area contributed by atoms with E-state index < -0.39 is 0 Å². The molecule has 118 valence electrons. The average Bonchev–Trinajstić information content (AvgIpc) is 3.06. The Morgan fingerprint density at radius 2 is 2.04 bits per heavy atom. The number of nitrogens with one attached hydrogen (secondary N) is 1. The van der Waals surface area contributed by atoms with Crippen molar-refractivity contribution in [1.82, 2.24) is 24.5 Å². The zero-order valence-corrected chi connectivity index (χ0v) is 12.9. The van der Waals surface area contributed by atoms with E-state index in [-0.39, 0.29) is 5.56 Å². The number of aromatic nitrogens is 5. The molecule has 0 unspecified atom stereocenters. The van der Waals surface area contributed by atoms with E-state index in [1.54, 1.807) is 30.3 Å². The minimum atomic E-state index is 0.0555. The lowest BCUT2D eigenvalue weighted by atomic mass is 9.90. The van der Waals surface area contributed by atoms with E-state index in [1.165, 1.54) is 0 Å². The van der Waals surface area contributed by atoms with Crippen molar-refractivity contribution < 1.29 is 0 Å². The molecule has 0 radical (unpaired) electrons. The molecule has 0 atom stereocenters. The zero-order chi connectivity index (χ0) is 15.8. The van der Waals surface area contributed by atoms with Crippen LogP contribution < -0.4 is 10.5 Å². The van der Waals surface area contributed by atoms with Gasteiger partial charge in [0.1, 0.15) is 11.8 Å². The highest BCUT2D eigenvalue weighted by Gasteiger charge is 2.23. The quantitative estimate of drug-likeness (QED) is 0.774. The molecule has 1 aliphatic rings. The second kappa shape index (κ2) is 5.49. The molecule has 1 aliphatic heterocycles. The third-order valence-electron chi connectivity index (χ3n) is 4.60. The number of hydrogen-bond donors (Lipinski definition) is 1. The molecule has 0 aromatic carbocycles. The number of fused-ring (bicyclic) bond motifs is 1. The van der Waals surface area contributed by atoms with Gasteiger partial charge < -0.3 is 14.5 Å². The van der Waals surface area contributed by atoms with Crippen molar-refractivity contribution >= 4 is 17.0 Å². The summed E-state index contributed by atoms with van der Waals surface area (Å²) in [7, 11) is 1.78. The van der Waals surface area contributed by atoms with Crippen molar-refractivity contribution in [2.75, 3.05) is 18.0 Å². The van der Waals surface area contributed by atoms with Crippen LogP contribution >= 0.6 is 0 Å². The number of aryl methyl sites for hydroxylation is 1. The summed E-state index contributed by atoms with van der Waals surface area (Å²) in [4.78, 5) is 30.0. The molecule has 7 heteroatoms. The van der Waals surface area contributed by atoms with Crippen molar-refractivity contribution in [1.29, 1.82) is 0 Å². The highest BCUT2D eigenvalue weighted by Crippen LogP contribution is 2.30. The van der Waals surface area contributed by atoms with E-state index >= 15 is 0 Å². The van der Waals surface area contributed by atoms with Crippen LogP contribution in [0, 0.1) is 0 Å². The molecule has 1 N–H and O–H groups in total. The van der Waals surface area contributed by atoms with Gasteiger partial charge in [-0.2, -0.15) is 0 Å². The van der Waals surface area contributed by atoms with Gasteiger partial charge in [-0.3, -0.25) is 4.79 Å². The number of hydrogen-bond acceptors (Lipinski definition) is 5. The fourth-order valence-corrected chi connectivity index (χ4v) is 3.23. The molecule has 1 fully saturated rings. The predicted molar refractivity (Wildman–Crippen MR) is 87.6 cm³/mol. The van der Waals surface area contributed by atoms with E-state index in [4.69, 9.17) is 0 Å². The van der Waals surface area contributed by atoms with Crippen molar-refractivity contribution in [2.45, 2.75) is 18.8 Å². The van der Waals surface area contributed by atoms with Crippen molar-refractivity contribution in [3.8, 4) is 0 Å². The van der Waals surface area contributed by atoms with Crippen LogP contribution in [0.4, 0.5) is 5.82 Å². The standard InChI is InChI=1S/C16H18N6O/c1-21-5-2-12(8-13(21)23)11-3-6-22(7-4-11)16-14-15(18-9-17-14)19-10-20-16/h2,5,8-11H,3-4,6-7H2,1H3,(H,17,18,19,20). The maximum atomic E-state index is 11.8. The normalized spacial score (nSPS) is 16.1. The molecule has 0 amide bonds. The number of nitrogens with zero attached hydrogens (tertiary/aromatic N) is 5. The Balaban J connectivity index is 1.54. The summed E-state index contributed by atoms with van der Waals surface area (Å²) in [5.41, 5.74) is 2.78. The summed E-state index contributed by atoms with van der Waals surface area (Å²) >= 11 is 0. The van der Waals surface area contributed by atoms with Gasteiger partial charge in [-0.05, 0) is 30.4 Å². The summed E-state index contributed by atoms with van der Waals surface area (Å²) in [5.74, 6) is 1.34. The molecular weight excluding hydrogens is 292 g/mol. The minimum Gasteiger partial charge on any atom is -0.355 e. The summed E-state index contributed by atoms with van der Waals surface area (Å²) in [6, 6.07) is 3.82. The first-order valence-corrected chi connectivity index (χ1v) is 7.78. The number of H-pyrrole nitrogens is 1. The number of rotatable bonds is 2. The van der Waals surface area contributed by atoms with Gasteiger partial charge in [-0.15, -0.1) is 0 Å². The fraction of sp³-hybridized carbons (Fsp3) is 0.375. The van der Waals surface area contributed by atoms with Crippen LogP contribution in [-0.2, 0) is 7.05 Å². The zero-order valence-electron chi connectivity index (χ0n) is 12.9. The van der Waals surface area contributed by atoms with Crippen molar-refractivity contribution in [3.05, 3.63) is 46.9 Å². The fourth-order valence-electron chi connectivity index (χ4n) is 3.23. The molecule has 0 aliphatic carbocycles. The summed E-state index contributed by atoms with van der Waals surface area (Å²) in [6.45, 7) is 1.82. The van der Waals surface area contributed by atoms with E-state index in [2.05, 4.69) is 30.9 Å². The first-order valence-electron chi connectivity index (χ1n) is 7.78. The lowest BCUT2D eigenvalue weighted by molar-refractivity contribution is 0.502. The smallest absolute Gasteiger partial charge is 0.250 e. The third kappa shape index (κ3) is 2.48. The molecular formula is C16H18N6O. The molecule has 3 aromatic heterocycles. The Bertz CT molecular complexity index is 891. The van der Waals surface area contributed by atoms with Gasteiger partial charge >= 0.3 is 0 Å². The highest BCUT2D eigenvalue weighted by molar-refractivity contribution is 5.82. The van der Waals surface area contributed by atoms with Gasteiger partial charge in [0.25, 0.3) is 5.56 Å². The summed E-state index contributed by atoms with van der Waals surface area (Å²) in [5, 5.41) is 0. The number of anilines is 1. The van der Waals surface area contributed by atoms with Crippen LogP contribution in [-0.4, -0.2) is 37.6 Å². The molecule has 4 heterocycles. The summed E-state index contributed by atoms with van der Waals surface area (Å²) in [6.07, 6.45) is 7.07. The van der Waals surface area contributed by atoms with E-state index in [0.29, 0.717) is 11.6 Å². The van der Waals surface area contributed by atoms with Gasteiger partial charge in [0.2, 0.25) is 0 Å². The number of pyridine rings is 1. The predicted octanol–water partition coefficient (Wildman–Crippen LogP) is 1.44. The molecule has 7 nitrogen and oxygen atoms in total. The molecule has 0 spiro atoms. The molecule has 0 saturated carbocycles. The molecule has 0 bridgehead atoms. The minimum absolute atomic E-state index is 0.0555. The average molecular weight is 310 g/mol. The Labute approximate surface area is 133 Å². The maximum Gasteiger partial charge on any atom is 0.250 e. The Hall–Kier alpha value is -2.70. The Morgan fingerprint density at radius 1 is 1.22 bits per heavy atom. The SMILES string of the molecule is Cn1ccc(C2CCN(c3ncnc4nc[nH]c34)CC2)cc1=O. The first kappa shape index (κ1) is 13.9. The van der Waals surface area contributed by atoms with E-state index in [1.807, 2.05) is 6.20 Å². The van der Waals surface area contributed by atoms with Crippen LogP contribution in [0.5, 0.6) is 0 Å². The molecule has 4 rings (SSSR count). The van der Waals surface area contributed by atoms with Crippen LogP contribution in [0.15, 0.2) is 35.8 Å². The molecule has 1 saturated heterocycles. The second-order valence-corrected chi connectivity index (χ2v) is 5.97. The summed E-state index contributed by atoms with van der Waals surface area (Å²) < 4.78 is 1.61. The van der Waals surface area contributed by atoms with E-state index in [9.17, 15) is 4.79 Å². The number of aromatic amines is 1. The van der Waals surface area contributed by atoms with Gasteiger partial charge in [0, 0.05) is 32.4 Å². The molecule has 23 heavy (non-hydrogen) atoms. The monoisotopic (exact) mass is 310 g/mol. The third-order valence-corrected chi connectivity index (χ3v) is 4.60. The Kier molecular flexibility index (Phi) is 3.33. The number of piperidine rings is 1. The van der Waals surface area contributed by atoms with Crippen LogP contribution in [0.25, 0.3) is 11.2 Å². The largest absolute Gasteiger partial charge is 0.355 e. The van der Waals surface area contributed by atoms with Gasteiger partial charge in [0.15, 0.2) is 11.5 Å². The highest BCUT2D eigenvalue weighted by atomic mass is 16.1. The topological polar surface area (TPSA) is 79.7 Å². The van der Waals surface area contributed by atoms with Crippen LogP contribution in [0.1, 0.15) is 24.3 Å². The van der Waals surface area contributed by atoms with Gasteiger partial charge in [-0.25, -0.2) is 15.0 Å². The van der Waals surface area contributed by atoms with Crippen molar-refractivity contribution in [3.63, 3.8) is 0 Å². The Morgan fingerprint density at radius 3 is 2.83 bits per heavy atom. The van der Waals surface area contributed by atoms with Gasteiger partial charge in [-0.1, -0.05) is 0 Å². The number of imidazole rings is 1. The lowest BCUT2D eigenvalue weighted by Crippen LogP contribution is -2.34. The first-order chi connectivity index (χ1) is 11.2. The van der Waals surface area contributed by atoms with Gasteiger partial charge in [0.05, 0.1) is 6.33 Å². The van der Waals surface area contributed by atoms with Crippen molar-refractivity contribution in [2.24, 2.45) is 7.05 Å². The second-order valence-electron chi connectivity index (χ2n) is 5.97. The van der Waals surface area contributed by atoms with Crippen LogP contribution in [0.2, 0.25) is 0 Å². The molecule has 3 aromatic rings. The van der Waals surface area contributed by atoms with E-state index in [0.717, 1.165) is 42.8 Å². The van der Waals surface area contributed by atoms with Crippen LogP contribution in [0.3, 0.4) is 0 Å². The maximum absolute atomic E-state index is 11.8.